The lowest BCUT2D eigenvalue weighted by molar-refractivity contribution is -0.00120. The highest BCUT2D eigenvalue weighted by atomic mass is 16.5. The average Bonchev–Trinajstić information content (AvgIpc) is 2.67. The number of hydrogen-bond acceptors (Lipinski definition) is 2. The van der Waals surface area contributed by atoms with Crippen LogP contribution in [0.15, 0.2) is 12.1 Å². The summed E-state index contributed by atoms with van der Waals surface area (Å²) >= 11 is 0. The van der Waals surface area contributed by atoms with Crippen molar-refractivity contribution >= 4 is 0 Å². The Labute approximate surface area is 104 Å². The predicted octanol–water partition coefficient (Wildman–Crippen LogP) is 3.24. The lowest BCUT2D eigenvalue weighted by Crippen LogP contribution is -2.20. The van der Waals surface area contributed by atoms with Crippen LogP contribution in [0.5, 0.6) is 5.75 Å². The quantitative estimate of drug-likeness (QED) is 0.870. The Morgan fingerprint density at radius 3 is 2.71 bits per heavy atom. The highest BCUT2D eigenvalue weighted by molar-refractivity contribution is 5.46. The minimum absolute atomic E-state index is 0.104. The van der Waals surface area contributed by atoms with E-state index in [2.05, 4.69) is 26.8 Å². The Bertz CT molecular complexity index is 402. The lowest BCUT2D eigenvalue weighted by Gasteiger charge is -2.20. The molecule has 1 aromatic rings. The van der Waals surface area contributed by atoms with Gasteiger partial charge in [0.1, 0.15) is 5.75 Å². The van der Waals surface area contributed by atoms with Crippen LogP contribution in [0.2, 0.25) is 0 Å². The van der Waals surface area contributed by atoms with E-state index in [0.29, 0.717) is 12.4 Å². The van der Waals surface area contributed by atoms with Crippen LogP contribution in [-0.4, -0.2) is 17.3 Å². The Hall–Kier alpha value is -1.02. The van der Waals surface area contributed by atoms with E-state index in [9.17, 15) is 5.11 Å². The van der Waals surface area contributed by atoms with Gasteiger partial charge < -0.3 is 9.84 Å². The summed E-state index contributed by atoms with van der Waals surface area (Å²) in [5.74, 6) is 0.433. The van der Waals surface area contributed by atoms with Crippen molar-refractivity contribution in [1.82, 2.24) is 0 Å². The van der Waals surface area contributed by atoms with Crippen LogP contribution in [0.25, 0.3) is 0 Å². The second-order valence-corrected chi connectivity index (χ2v) is 5.77. The molecule has 1 aliphatic carbocycles. The van der Waals surface area contributed by atoms with Gasteiger partial charge in [0.2, 0.25) is 0 Å². The van der Waals surface area contributed by atoms with Crippen LogP contribution in [0.1, 0.15) is 43.9 Å². The fourth-order valence-electron chi connectivity index (χ4n) is 2.47. The van der Waals surface area contributed by atoms with Crippen LogP contribution in [0.4, 0.5) is 0 Å². The molecule has 0 spiro atoms. The summed E-state index contributed by atoms with van der Waals surface area (Å²) in [5.41, 5.74) is 3.77. The van der Waals surface area contributed by atoms with Crippen molar-refractivity contribution < 1.29 is 9.84 Å². The van der Waals surface area contributed by atoms with Gasteiger partial charge in [0.15, 0.2) is 0 Å². The molecule has 2 rings (SSSR count). The summed E-state index contributed by atoms with van der Waals surface area (Å²) < 4.78 is 5.74. The monoisotopic (exact) mass is 234 g/mol. The van der Waals surface area contributed by atoms with Gasteiger partial charge >= 0.3 is 0 Å². The van der Waals surface area contributed by atoms with E-state index in [-0.39, 0.29) is 5.60 Å². The van der Waals surface area contributed by atoms with Gasteiger partial charge in [-0.05, 0) is 69.2 Å². The van der Waals surface area contributed by atoms with Gasteiger partial charge in [-0.3, -0.25) is 0 Å². The first-order valence-corrected chi connectivity index (χ1v) is 6.44. The van der Waals surface area contributed by atoms with E-state index >= 15 is 0 Å². The average molecular weight is 234 g/mol. The molecule has 94 valence electrons. The standard InChI is InChI=1S/C15H22O2/c1-15(2,3)17-10-9-13-12-6-4-5-11(12)7-8-14(13)16/h7-8,16H,4-6,9-10H2,1-3H3. The Morgan fingerprint density at radius 2 is 2.00 bits per heavy atom. The van der Waals surface area contributed by atoms with E-state index in [1.165, 1.54) is 17.5 Å². The number of phenols is 1. The molecule has 0 atom stereocenters. The largest absolute Gasteiger partial charge is 0.508 e. The molecule has 0 aliphatic heterocycles. The van der Waals surface area contributed by atoms with Gasteiger partial charge in [-0.15, -0.1) is 0 Å². The number of fused-ring (bicyclic) bond motifs is 1. The predicted molar refractivity (Wildman–Crippen MR) is 69.5 cm³/mol. The molecule has 0 amide bonds. The fraction of sp³-hybridized carbons (Fsp3) is 0.600. The fourth-order valence-corrected chi connectivity index (χ4v) is 2.47. The number of ether oxygens (including phenoxy) is 1. The highest BCUT2D eigenvalue weighted by Crippen LogP contribution is 2.31. The van der Waals surface area contributed by atoms with E-state index in [1.54, 1.807) is 0 Å². The lowest BCUT2D eigenvalue weighted by atomic mass is 10.00. The maximum atomic E-state index is 9.95. The SMILES string of the molecule is CC(C)(C)OCCc1c(O)ccc2c1CCC2. The Morgan fingerprint density at radius 1 is 1.24 bits per heavy atom. The number of rotatable bonds is 3. The van der Waals surface area contributed by atoms with Gasteiger partial charge in [-0.2, -0.15) is 0 Å². The summed E-state index contributed by atoms with van der Waals surface area (Å²) in [7, 11) is 0. The van der Waals surface area contributed by atoms with Crippen molar-refractivity contribution in [3.8, 4) is 5.75 Å². The molecule has 0 saturated carbocycles. The first-order valence-electron chi connectivity index (χ1n) is 6.44. The van der Waals surface area contributed by atoms with Crippen molar-refractivity contribution in [2.24, 2.45) is 0 Å². The highest BCUT2D eigenvalue weighted by Gasteiger charge is 2.18. The molecule has 0 unspecified atom stereocenters. The van der Waals surface area contributed by atoms with Crippen LogP contribution in [-0.2, 0) is 24.0 Å². The third-order valence-corrected chi connectivity index (χ3v) is 3.26. The van der Waals surface area contributed by atoms with E-state index in [0.717, 1.165) is 24.8 Å². The third-order valence-electron chi connectivity index (χ3n) is 3.26. The molecule has 2 heteroatoms. The molecule has 1 N–H and O–H groups in total. The molecule has 0 heterocycles. The normalized spacial score (nSPS) is 15.0. The molecular formula is C15H22O2. The molecule has 0 fully saturated rings. The smallest absolute Gasteiger partial charge is 0.119 e. The zero-order chi connectivity index (χ0) is 12.5. The summed E-state index contributed by atoms with van der Waals surface area (Å²) in [6.07, 6.45) is 4.29. The van der Waals surface area contributed by atoms with Gasteiger partial charge in [-0.25, -0.2) is 0 Å². The molecule has 1 aliphatic rings. The second-order valence-electron chi connectivity index (χ2n) is 5.77. The molecule has 0 bridgehead atoms. The number of phenolic OH excluding ortho intramolecular Hbond substituents is 1. The maximum Gasteiger partial charge on any atom is 0.119 e. The zero-order valence-corrected chi connectivity index (χ0v) is 11.0. The topological polar surface area (TPSA) is 29.5 Å². The molecular weight excluding hydrogens is 212 g/mol. The number of aryl methyl sites for hydroxylation is 1. The number of hydrogen-bond donors (Lipinski definition) is 1. The third kappa shape index (κ3) is 3.01. The van der Waals surface area contributed by atoms with Crippen LogP contribution >= 0.6 is 0 Å². The number of benzene rings is 1. The summed E-state index contributed by atoms with van der Waals surface area (Å²) in [5, 5.41) is 9.95. The zero-order valence-electron chi connectivity index (χ0n) is 11.0. The summed E-state index contributed by atoms with van der Waals surface area (Å²) in [6, 6.07) is 3.89. The molecule has 17 heavy (non-hydrogen) atoms. The Kier molecular flexibility index (Phi) is 3.43. The Balaban J connectivity index is 2.08. The van der Waals surface area contributed by atoms with Crippen LogP contribution in [0, 0.1) is 0 Å². The van der Waals surface area contributed by atoms with Crippen molar-refractivity contribution in [3.05, 3.63) is 28.8 Å². The van der Waals surface area contributed by atoms with Crippen LogP contribution in [0.3, 0.4) is 0 Å². The van der Waals surface area contributed by atoms with E-state index in [4.69, 9.17) is 4.74 Å². The molecule has 0 saturated heterocycles. The van der Waals surface area contributed by atoms with E-state index in [1.807, 2.05) is 6.07 Å². The van der Waals surface area contributed by atoms with Gasteiger partial charge in [-0.1, -0.05) is 6.07 Å². The summed E-state index contributed by atoms with van der Waals surface area (Å²) in [4.78, 5) is 0. The van der Waals surface area contributed by atoms with Crippen LogP contribution < -0.4 is 0 Å². The maximum absolute atomic E-state index is 9.95. The van der Waals surface area contributed by atoms with Gasteiger partial charge in [0, 0.05) is 0 Å². The molecule has 0 radical (unpaired) electrons. The van der Waals surface area contributed by atoms with Crippen molar-refractivity contribution in [2.75, 3.05) is 6.61 Å². The van der Waals surface area contributed by atoms with Crippen molar-refractivity contribution in [1.29, 1.82) is 0 Å². The first-order chi connectivity index (χ1) is 7.97. The molecule has 1 aromatic carbocycles. The van der Waals surface area contributed by atoms with Crippen molar-refractivity contribution in [3.63, 3.8) is 0 Å². The summed E-state index contributed by atoms with van der Waals surface area (Å²) in [6.45, 7) is 6.85. The van der Waals surface area contributed by atoms with Gasteiger partial charge in [0.05, 0.1) is 12.2 Å². The van der Waals surface area contributed by atoms with Crippen molar-refractivity contribution in [2.45, 2.75) is 52.1 Å². The second kappa shape index (κ2) is 4.69. The molecule has 2 nitrogen and oxygen atoms in total. The minimum atomic E-state index is -0.104. The minimum Gasteiger partial charge on any atom is -0.508 e. The van der Waals surface area contributed by atoms with E-state index < -0.39 is 0 Å². The molecule has 0 aromatic heterocycles. The number of aromatic hydroxyl groups is 1. The first kappa shape index (κ1) is 12.4. The van der Waals surface area contributed by atoms with Gasteiger partial charge in [0.25, 0.3) is 0 Å².